The molecular weight excluding hydrogens is 536 g/mol. The highest BCUT2D eigenvalue weighted by atomic mass is 16.6. The zero-order chi connectivity index (χ0) is 29.7. The molecule has 10 heteroatoms. The van der Waals surface area contributed by atoms with Crippen molar-refractivity contribution in [2.24, 2.45) is 17.8 Å². The predicted octanol–water partition coefficient (Wildman–Crippen LogP) is 4.45. The first-order chi connectivity index (χ1) is 20.2. The molecule has 3 aliphatic rings. The summed E-state index contributed by atoms with van der Waals surface area (Å²) in [4.78, 5) is 40.7. The fourth-order valence-electron chi connectivity index (χ4n) is 7.39. The molecule has 0 saturated carbocycles. The monoisotopic (exact) mass is 572 g/mol. The maximum absolute atomic E-state index is 14.3. The Morgan fingerprint density at radius 2 is 1.83 bits per heavy atom. The largest absolute Gasteiger partial charge is 0.493 e. The van der Waals surface area contributed by atoms with Gasteiger partial charge in [0, 0.05) is 54.6 Å². The van der Waals surface area contributed by atoms with Gasteiger partial charge in [0.2, 0.25) is 5.91 Å². The Kier molecular flexibility index (Phi) is 7.16. The molecule has 2 aromatic carbocycles. The van der Waals surface area contributed by atoms with Crippen molar-refractivity contribution >= 4 is 17.3 Å². The second-order valence-electron chi connectivity index (χ2n) is 12.0. The predicted molar refractivity (Wildman–Crippen MR) is 158 cm³/mol. The van der Waals surface area contributed by atoms with E-state index >= 15 is 0 Å². The number of carbonyl (C=O) groups is 1. The summed E-state index contributed by atoms with van der Waals surface area (Å²) < 4.78 is 12.8. The minimum absolute atomic E-state index is 0.0168. The van der Waals surface area contributed by atoms with Crippen LogP contribution >= 0.6 is 0 Å². The number of amides is 1. The Labute approximate surface area is 244 Å². The number of fused-ring (bicyclic) bond motifs is 8. The van der Waals surface area contributed by atoms with Crippen molar-refractivity contribution in [1.29, 1.82) is 0 Å². The Bertz CT molecular complexity index is 1600. The average Bonchev–Trinajstić information content (AvgIpc) is 2.99. The van der Waals surface area contributed by atoms with E-state index in [0.29, 0.717) is 31.0 Å². The van der Waals surface area contributed by atoms with Crippen LogP contribution in [0.5, 0.6) is 11.5 Å². The summed E-state index contributed by atoms with van der Waals surface area (Å²) in [5.74, 6) is 0.942. The van der Waals surface area contributed by atoms with Crippen LogP contribution < -0.4 is 25.2 Å². The maximum Gasteiger partial charge on any atom is 0.269 e. The number of rotatable bonds is 7. The number of hydrogen-bond acceptors (Lipinski definition) is 7. The van der Waals surface area contributed by atoms with Crippen LogP contribution in [0.3, 0.4) is 0 Å². The second kappa shape index (κ2) is 10.8. The molecule has 0 spiro atoms. The van der Waals surface area contributed by atoms with Gasteiger partial charge in [0.05, 0.1) is 31.1 Å². The van der Waals surface area contributed by atoms with Gasteiger partial charge in [0.15, 0.2) is 11.5 Å². The van der Waals surface area contributed by atoms with Gasteiger partial charge in [-0.1, -0.05) is 26.0 Å². The molecule has 42 heavy (non-hydrogen) atoms. The lowest BCUT2D eigenvalue weighted by molar-refractivity contribution is -0.384. The van der Waals surface area contributed by atoms with Crippen LogP contribution in [-0.2, 0) is 17.8 Å². The fraction of sp³-hybridized carbons (Fsp3) is 0.438. The molecule has 2 bridgehead atoms. The van der Waals surface area contributed by atoms with Gasteiger partial charge in [-0.25, -0.2) is 0 Å². The molecule has 3 aliphatic heterocycles. The van der Waals surface area contributed by atoms with Gasteiger partial charge in [0.25, 0.3) is 11.2 Å². The van der Waals surface area contributed by atoms with Crippen LogP contribution in [0.4, 0.5) is 11.4 Å². The second-order valence-corrected chi connectivity index (χ2v) is 12.0. The standard InChI is InChI=1S/C32H36N4O6/c1-18(2)30(19-8-11-27(41-3)28(15-19)42-4)33-32(38)24-14-20-13-23(36(39)40)9-10-26(20)35-16-21-12-22(31(24)35)17-34-25(21)6-5-7-29(34)37/h5-11,13,15,18,21-22,24,30-31H,12,14,16-17H2,1-4H3,(H,33,38)/t21-,22+,24-,30+,31+/m1/s1. The van der Waals surface area contributed by atoms with Gasteiger partial charge in [0.1, 0.15) is 0 Å². The Morgan fingerprint density at radius 3 is 2.55 bits per heavy atom. The number of carbonyl (C=O) groups excluding carboxylic acids is 1. The van der Waals surface area contributed by atoms with E-state index in [0.717, 1.165) is 28.9 Å². The first-order valence-electron chi connectivity index (χ1n) is 14.5. The van der Waals surface area contributed by atoms with E-state index < -0.39 is 5.92 Å². The number of pyridine rings is 1. The number of benzene rings is 2. The lowest BCUT2D eigenvalue weighted by atomic mass is 9.70. The summed E-state index contributed by atoms with van der Waals surface area (Å²) in [7, 11) is 3.17. The molecule has 1 amide bonds. The van der Waals surface area contributed by atoms with Crippen LogP contribution in [0.1, 0.15) is 49.0 Å². The Hall–Kier alpha value is -4.34. The van der Waals surface area contributed by atoms with Crippen LogP contribution in [0.25, 0.3) is 0 Å². The van der Waals surface area contributed by atoms with Crippen molar-refractivity contribution in [1.82, 2.24) is 9.88 Å². The van der Waals surface area contributed by atoms with Gasteiger partial charge >= 0.3 is 0 Å². The molecule has 0 radical (unpaired) electrons. The lowest BCUT2D eigenvalue weighted by Gasteiger charge is -2.54. The number of methoxy groups -OCH3 is 2. The molecule has 220 valence electrons. The molecule has 5 atom stereocenters. The Morgan fingerprint density at radius 1 is 1.05 bits per heavy atom. The highest BCUT2D eigenvalue weighted by Crippen LogP contribution is 2.48. The number of anilines is 1. The molecule has 0 unspecified atom stereocenters. The summed E-state index contributed by atoms with van der Waals surface area (Å²) >= 11 is 0. The van der Waals surface area contributed by atoms with Gasteiger partial charge in [-0.3, -0.25) is 19.7 Å². The SMILES string of the molecule is COc1ccc([C@@H](NC(=O)[C@@H]2Cc3cc([N+](=O)[O-])ccc3N3C[C@H]4C[C@@H](Cn5c4cccc5=O)[C@@H]23)C(C)C)cc1OC. The third-order valence-electron chi connectivity index (χ3n) is 9.27. The molecule has 4 heterocycles. The summed E-state index contributed by atoms with van der Waals surface area (Å²) in [5.41, 5.74) is 3.67. The summed E-state index contributed by atoms with van der Waals surface area (Å²) in [6, 6.07) is 15.6. The van der Waals surface area contributed by atoms with E-state index in [-0.39, 0.29) is 51.9 Å². The van der Waals surface area contributed by atoms with E-state index in [2.05, 4.69) is 24.1 Å². The molecule has 1 fully saturated rings. The zero-order valence-corrected chi connectivity index (χ0v) is 24.3. The number of non-ortho nitro benzene ring substituents is 1. The van der Waals surface area contributed by atoms with Crippen molar-refractivity contribution in [2.45, 2.75) is 51.2 Å². The zero-order valence-electron chi connectivity index (χ0n) is 24.3. The lowest BCUT2D eigenvalue weighted by Crippen LogP contribution is -2.61. The maximum atomic E-state index is 14.3. The van der Waals surface area contributed by atoms with E-state index in [1.54, 1.807) is 32.4 Å². The normalized spacial score (nSPS) is 22.8. The topological polar surface area (TPSA) is 116 Å². The number of nitro groups is 1. The summed E-state index contributed by atoms with van der Waals surface area (Å²) in [5, 5.41) is 15.0. The summed E-state index contributed by atoms with van der Waals surface area (Å²) in [6.45, 7) is 5.30. The quantitative estimate of drug-likeness (QED) is 0.328. The highest BCUT2D eigenvalue weighted by molar-refractivity contribution is 5.83. The minimum atomic E-state index is -0.451. The van der Waals surface area contributed by atoms with E-state index in [4.69, 9.17) is 9.47 Å². The fourth-order valence-corrected chi connectivity index (χ4v) is 7.39. The van der Waals surface area contributed by atoms with Crippen LogP contribution in [0.15, 0.2) is 59.4 Å². The molecule has 10 nitrogen and oxygen atoms in total. The van der Waals surface area contributed by atoms with Gasteiger partial charge < -0.3 is 24.3 Å². The first-order valence-corrected chi connectivity index (χ1v) is 14.5. The van der Waals surface area contributed by atoms with E-state index in [9.17, 15) is 19.7 Å². The van der Waals surface area contributed by atoms with Crippen LogP contribution in [0.2, 0.25) is 0 Å². The number of nitrogens with zero attached hydrogens (tertiary/aromatic N) is 3. The van der Waals surface area contributed by atoms with Crippen molar-refractivity contribution in [3.63, 3.8) is 0 Å². The van der Waals surface area contributed by atoms with Crippen LogP contribution in [0, 0.1) is 27.9 Å². The molecule has 0 aliphatic carbocycles. The Balaban J connectivity index is 1.38. The number of ether oxygens (including phenoxy) is 2. The molecule has 3 aromatic rings. The third-order valence-corrected chi connectivity index (χ3v) is 9.27. The van der Waals surface area contributed by atoms with Crippen LogP contribution in [-0.4, -0.2) is 42.2 Å². The molecular formula is C32H36N4O6. The third kappa shape index (κ3) is 4.68. The van der Waals surface area contributed by atoms with E-state index in [1.165, 1.54) is 0 Å². The van der Waals surface area contributed by atoms with Crippen molar-refractivity contribution in [2.75, 3.05) is 25.7 Å². The molecule has 1 saturated heterocycles. The number of aromatic nitrogens is 1. The highest BCUT2D eigenvalue weighted by Gasteiger charge is 2.49. The number of nitro benzene ring substituents is 1. The van der Waals surface area contributed by atoms with Crippen molar-refractivity contribution < 1.29 is 19.2 Å². The first kappa shape index (κ1) is 27.8. The van der Waals surface area contributed by atoms with Gasteiger partial charge in [-0.2, -0.15) is 0 Å². The molecule has 1 aromatic heterocycles. The number of piperidine rings is 1. The molecule has 1 N–H and O–H groups in total. The van der Waals surface area contributed by atoms with Gasteiger partial charge in [-0.05, 0) is 60.1 Å². The average molecular weight is 573 g/mol. The van der Waals surface area contributed by atoms with Crippen molar-refractivity contribution in [3.8, 4) is 11.5 Å². The molecule has 6 rings (SSSR count). The van der Waals surface area contributed by atoms with Crippen molar-refractivity contribution in [3.05, 3.63) is 91.9 Å². The van der Waals surface area contributed by atoms with E-state index in [1.807, 2.05) is 41.0 Å². The minimum Gasteiger partial charge on any atom is -0.493 e. The number of hydrogen-bond donors (Lipinski definition) is 1. The summed E-state index contributed by atoms with van der Waals surface area (Å²) in [6.07, 6.45) is 1.28. The smallest absolute Gasteiger partial charge is 0.269 e. The van der Waals surface area contributed by atoms with Gasteiger partial charge in [-0.15, -0.1) is 0 Å². The number of nitrogens with one attached hydrogen (secondary N) is 1.